The second kappa shape index (κ2) is 8.64. The van der Waals surface area contributed by atoms with Gasteiger partial charge < -0.3 is 14.8 Å². The molecule has 1 amide bonds. The van der Waals surface area contributed by atoms with Crippen LogP contribution in [0.5, 0.6) is 5.75 Å². The normalized spacial score (nSPS) is 10.2. The van der Waals surface area contributed by atoms with E-state index >= 15 is 0 Å². The summed E-state index contributed by atoms with van der Waals surface area (Å²) in [5, 5.41) is 2.58. The lowest BCUT2D eigenvalue weighted by atomic mass is 10.3. The van der Waals surface area contributed by atoms with Crippen molar-refractivity contribution >= 4 is 40.8 Å². The average molecular weight is 390 g/mol. The molecular weight excluding hydrogens is 379 g/mol. The largest absolute Gasteiger partial charge is 0.480 e. The molecule has 0 atom stereocenters. The van der Waals surface area contributed by atoms with E-state index in [0.29, 0.717) is 5.02 Å². The average Bonchev–Trinajstić information content (AvgIpc) is 2.55. The van der Waals surface area contributed by atoms with Gasteiger partial charge in [-0.25, -0.2) is 13.6 Å². The summed E-state index contributed by atoms with van der Waals surface area (Å²) in [5.41, 5.74) is -0.618. The van der Waals surface area contributed by atoms with Crippen molar-refractivity contribution in [2.24, 2.45) is 0 Å². The zero-order valence-corrected chi connectivity index (χ0v) is 14.0. The Bertz CT molecular complexity index is 781. The predicted octanol–water partition coefficient (Wildman–Crippen LogP) is 3.83. The van der Waals surface area contributed by atoms with Crippen molar-refractivity contribution in [2.75, 3.05) is 18.5 Å². The molecule has 0 fully saturated rings. The van der Waals surface area contributed by atoms with Crippen molar-refractivity contribution in [1.82, 2.24) is 0 Å². The first-order chi connectivity index (χ1) is 11.9. The molecule has 0 aliphatic rings. The minimum absolute atomic E-state index is 0.202. The van der Waals surface area contributed by atoms with Gasteiger partial charge in [-0.3, -0.25) is 4.79 Å². The van der Waals surface area contributed by atoms with Crippen LogP contribution >= 0.6 is 23.2 Å². The lowest BCUT2D eigenvalue weighted by molar-refractivity contribution is -0.149. The van der Waals surface area contributed by atoms with Gasteiger partial charge in [0.25, 0.3) is 5.91 Å². The molecule has 25 heavy (non-hydrogen) atoms. The Labute approximate surface area is 151 Å². The highest BCUT2D eigenvalue weighted by atomic mass is 35.5. The van der Waals surface area contributed by atoms with Gasteiger partial charge in [0.05, 0.1) is 5.02 Å². The summed E-state index contributed by atoms with van der Waals surface area (Å²) in [7, 11) is 0. The molecule has 0 spiro atoms. The first-order valence-corrected chi connectivity index (χ1v) is 7.59. The van der Waals surface area contributed by atoms with Crippen molar-refractivity contribution in [3.63, 3.8) is 0 Å². The number of nitrogens with one attached hydrogen (secondary N) is 1. The van der Waals surface area contributed by atoms with E-state index in [2.05, 4.69) is 4.74 Å². The van der Waals surface area contributed by atoms with E-state index in [0.717, 1.165) is 18.2 Å². The van der Waals surface area contributed by atoms with E-state index in [1.54, 1.807) is 0 Å². The zero-order valence-electron chi connectivity index (χ0n) is 12.5. The van der Waals surface area contributed by atoms with Crippen molar-refractivity contribution in [1.29, 1.82) is 0 Å². The van der Waals surface area contributed by atoms with Crippen LogP contribution in [-0.4, -0.2) is 25.1 Å². The molecule has 0 radical (unpaired) electrons. The minimum Gasteiger partial charge on any atom is -0.480 e. The van der Waals surface area contributed by atoms with Gasteiger partial charge in [-0.05, 0) is 30.3 Å². The van der Waals surface area contributed by atoms with Crippen LogP contribution in [-0.2, 0) is 14.3 Å². The molecule has 5 nitrogen and oxygen atoms in total. The molecule has 0 saturated heterocycles. The Morgan fingerprint density at radius 2 is 1.72 bits per heavy atom. The van der Waals surface area contributed by atoms with Crippen LogP contribution in [0.4, 0.5) is 14.5 Å². The Kier molecular flexibility index (Phi) is 6.55. The molecule has 1 N–H and O–H groups in total. The second-order valence-corrected chi connectivity index (χ2v) is 5.51. The molecule has 0 saturated carbocycles. The first-order valence-electron chi connectivity index (χ1n) is 6.84. The molecule has 0 aromatic heterocycles. The number of hydrogen-bond acceptors (Lipinski definition) is 4. The molecule has 2 aromatic carbocycles. The lowest BCUT2D eigenvalue weighted by Gasteiger charge is -2.09. The lowest BCUT2D eigenvalue weighted by Crippen LogP contribution is -2.24. The van der Waals surface area contributed by atoms with E-state index in [1.165, 1.54) is 18.2 Å². The monoisotopic (exact) mass is 389 g/mol. The Balaban J connectivity index is 1.80. The van der Waals surface area contributed by atoms with Gasteiger partial charge in [0.2, 0.25) is 0 Å². The fourth-order valence-corrected chi connectivity index (χ4v) is 2.17. The molecule has 0 unspecified atom stereocenters. The summed E-state index contributed by atoms with van der Waals surface area (Å²) in [4.78, 5) is 23.1. The minimum atomic E-state index is -0.944. The highest BCUT2D eigenvalue weighted by Gasteiger charge is 2.14. The number of para-hydroxylation sites is 1. The number of ether oxygens (including phenoxy) is 2. The first kappa shape index (κ1) is 19.0. The summed E-state index contributed by atoms with van der Waals surface area (Å²) in [5.74, 6) is -3.45. The van der Waals surface area contributed by atoms with Crippen LogP contribution in [0.1, 0.15) is 0 Å². The zero-order chi connectivity index (χ0) is 18.4. The molecule has 2 aromatic rings. The van der Waals surface area contributed by atoms with E-state index in [4.69, 9.17) is 27.9 Å². The SMILES string of the molecule is O=C(COC(=O)COc1ccc(Cl)cc1Cl)Nc1c(F)cccc1F. The number of halogens is 4. The van der Waals surface area contributed by atoms with Gasteiger partial charge in [-0.15, -0.1) is 0 Å². The molecule has 132 valence electrons. The van der Waals surface area contributed by atoms with Crippen LogP contribution in [0.15, 0.2) is 36.4 Å². The summed E-state index contributed by atoms with van der Waals surface area (Å²) in [6, 6.07) is 7.53. The van der Waals surface area contributed by atoms with Crippen molar-refractivity contribution in [3.05, 3.63) is 58.1 Å². The van der Waals surface area contributed by atoms with Crippen molar-refractivity contribution in [2.45, 2.75) is 0 Å². The second-order valence-electron chi connectivity index (χ2n) is 4.67. The quantitative estimate of drug-likeness (QED) is 0.762. The predicted molar refractivity (Wildman–Crippen MR) is 87.9 cm³/mol. The van der Waals surface area contributed by atoms with E-state index in [1.807, 2.05) is 5.32 Å². The maximum atomic E-state index is 13.4. The number of carbonyl (C=O) groups excluding carboxylic acids is 2. The van der Waals surface area contributed by atoms with Crippen LogP contribution in [0.25, 0.3) is 0 Å². The molecule has 0 aliphatic heterocycles. The van der Waals surface area contributed by atoms with Gasteiger partial charge in [0.15, 0.2) is 13.2 Å². The van der Waals surface area contributed by atoms with E-state index < -0.39 is 42.4 Å². The molecule has 9 heteroatoms. The maximum absolute atomic E-state index is 13.4. The highest BCUT2D eigenvalue weighted by molar-refractivity contribution is 6.35. The molecular formula is C16H11Cl2F2NO4. The smallest absolute Gasteiger partial charge is 0.344 e. The Morgan fingerprint density at radius 1 is 1.04 bits per heavy atom. The summed E-state index contributed by atoms with van der Waals surface area (Å²) < 4.78 is 36.5. The van der Waals surface area contributed by atoms with Gasteiger partial charge in [0, 0.05) is 5.02 Å². The third-order valence-electron chi connectivity index (χ3n) is 2.83. The number of anilines is 1. The number of benzene rings is 2. The molecule has 0 aliphatic carbocycles. The number of hydrogen-bond donors (Lipinski definition) is 1. The van der Waals surface area contributed by atoms with Crippen molar-refractivity contribution in [3.8, 4) is 5.75 Å². The summed E-state index contributed by atoms with van der Waals surface area (Å²) in [6.07, 6.45) is 0. The highest BCUT2D eigenvalue weighted by Crippen LogP contribution is 2.27. The standard InChI is InChI=1S/C16H11Cl2F2NO4/c17-9-4-5-13(10(18)6-9)24-8-15(23)25-7-14(22)21-16-11(19)2-1-3-12(16)20/h1-6H,7-8H2,(H,21,22). The number of esters is 1. The number of amides is 1. The fourth-order valence-electron chi connectivity index (χ4n) is 1.71. The van der Waals surface area contributed by atoms with Crippen LogP contribution in [0, 0.1) is 11.6 Å². The van der Waals surface area contributed by atoms with Gasteiger partial charge in [-0.1, -0.05) is 29.3 Å². The van der Waals surface area contributed by atoms with Crippen LogP contribution in [0.3, 0.4) is 0 Å². The van der Waals surface area contributed by atoms with Crippen molar-refractivity contribution < 1.29 is 27.8 Å². The van der Waals surface area contributed by atoms with Gasteiger partial charge >= 0.3 is 5.97 Å². The number of carbonyl (C=O) groups is 2. The molecule has 2 rings (SSSR count). The van der Waals surface area contributed by atoms with E-state index in [9.17, 15) is 18.4 Å². The molecule has 0 heterocycles. The number of rotatable bonds is 6. The molecule has 0 bridgehead atoms. The summed E-state index contributed by atoms with van der Waals surface area (Å²) in [6.45, 7) is -1.24. The van der Waals surface area contributed by atoms with E-state index in [-0.39, 0.29) is 10.8 Å². The Morgan fingerprint density at radius 3 is 2.36 bits per heavy atom. The Hall–Kier alpha value is -2.38. The van der Waals surface area contributed by atoms with Gasteiger partial charge in [-0.2, -0.15) is 0 Å². The fraction of sp³-hybridized carbons (Fsp3) is 0.125. The van der Waals surface area contributed by atoms with Crippen LogP contribution in [0.2, 0.25) is 10.0 Å². The maximum Gasteiger partial charge on any atom is 0.344 e. The third-order valence-corrected chi connectivity index (χ3v) is 3.36. The summed E-state index contributed by atoms with van der Waals surface area (Å²) >= 11 is 11.6. The topological polar surface area (TPSA) is 64.6 Å². The van der Waals surface area contributed by atoms with Crippen LogP contribution < -0.4 is 10.1 Å². The third kappa shape index (κ3) is 5.58. The van der Waals surface area contributed by atoms with Gasteiger partial charge in [0.1, 0.15) is 23.1 Å².